The normalized spacial score (nSPS) is 14.7. The molecular formula is C21H22NO3P. The van der Waals surface area contributed by atoms with Crippen molar-refractivity contribution in [2.45, 2.75) is 11.8 Å². The topological polar surface area (TPSA) is 58.6 Å². The van der Waals surface area contributed by atoms with Gasteiger partial charge in [-0.25, -0.2) is 0 Å². The fourth-order valence-electron chi connectivity index (χ4n) is 2.95. The van der Waals surface area contributed by atoms with Crippen LogP contribution in [0.3, 0.4) is 0 Å². The first kappa shape index (κ1) is 18.6. The summed E-state index contributed by atoms with van der Waals surface area (Å²) in [6.45, 7) is 0. The second-order valence-corrected chi connectivity index (χ2v) is 7.99. The van der Waals surface area contributed by atoms with Crippen LogP contribution in [0.4, 0.5) is 0 Å². The predicted octanol–water partition coefficient (Wildman–Crippen LogP) is 4.90. The SMILES string of the molecule is COP(=O)(O)[C@H](NC(c1ccccc1)c1ccccc1)c1ccccc1. The van der Waals surface area contributed by atoms with Crippen LogP contribution in [0, 0.1) is 0 Å². The second kappa shape index (κ2) is 8.43. The molecule has 1 unspecified atom stereocenters. The first-order chi connectivity index (χ1) is 12.6. The Morgan fingerprint density at radius 3 is 1.54 bits per heavy atom. The molecule has 0 bridgehead atoms. The molecule has 0 aliphatic rings. The van der Waals surface area contributed by atoms with Gasteiger partial charge in [-0.2, -0.15) is 0 Å². The van der Waals surface area contributed by atoms with E-state index in [0.29, 0.717) is 5.56 Å². The number of rotatable bonds is 7. The van der Waals surface area contributed by atoms with E-state index in [1.165, 1.54) is 7.11 Å². The van der Waals surface area contributed by atoms with Crippen molar-refractivity contribution in [2.24, 2.45) is 0 Å². The van der Waals surface area contributed by atoms with E-state index in [0.717, 1.165) is 11.1 Å². The summed E-state index contributed by atoms with van der Waals surface area (Å²) < 4.78 is 17.7. The minimum Gasteiger partial charge on any atom is -0.323 e. The van der Waals surface area contributed by atoms with Crippen molar-refractivity contribution in [1.82, 2.24) is 5.32 Å². The van der Waals surface area contributed by atoms with Crippen LogP contribution >= 0.6 is 7.60 Å². The summed E-state index contributed by atoms with van der Waals surface area (Å²) in [5.41, 5.74) is 2.73. The minimum absolute atomic E-state index is 0.252. The Bertz CT molecular complexity index is 817. The monoisotopic (exact) mass is 367 g/mol. The summed E-state index contributed by atoms with van der Waals surface area (Å²) >= 11 is 0. The van der Waals surface area contributed by atoms with Crippen LogP contribution in [0.1, 0.15) is 28.5 Å². The molecule has 0 aliphatic heterocycles. The predicted molar refractivity (Wildman–Crippen MR) is 104 cm³/mol. The summed E-state index contributed by atoms with van der Waals surface area (Å²) in [5.74, 6) is -0.848. The van der Waals surface area contributed by atoms with E-state index < -0.39 is 13.4 Å². The van der Waals surface area contributed by atoms with Crippen LogP contribution in [0.2, 0.25) is 0 Å². The summed E-state index contributed by atoms with van der Waals surface area (Å²) in [6.07, 6.45) is 0. The lowest BCUT2D eigenvalue weighted by atomic mass is 9.98. The molecular weight excluding hydrogens is 345 g/mol. The molecule has 2 N–H and O–H groups in total. The number of hydrogen-bond donors (Lipinski definition) is 2. The van der Waals surface area contributed by atoms with Crippen LogP contribution in [-0.4, -0.2) is 12.0 Å². The second-order valence-electron chi connectivity index (χ2n) is 5.98. The van der Waals surface area contributed by atoms with E-state index in [1.807, 2.05) is 91.0 Å². The van der Waals surface area contributed by atoms with Crippen molar-refractivity contribution in [3.8, 4) is 0 Å². The van der Waals surface area contributed by atoms with Crippen LogP contribution in [0.5, 0.6) is 0 Å². The van der Waals surface area contributed by atoms with Crippen molar-refractivity contribution in [1.29, 1.82) is 0 Å². The molecule has 3 aromatic carbocycles. The molecule has 26 heavy (non-hydrogen) atoms. The lowest BCUT2D eigenvalue weighted by Crippen LogP contribution is -2.28. The van der Waals surface area contributed by atoms with Gasteiger partial charge in [0, 0.05) is 7.11 Å². The molecule has 0 saturated carbocycles. The quantitative estimate of drug-likeness (QED) is 0.584. The Morgan fingerprint density at radius 1 is 0.769 bits per heavy atom. The average Bonchev–Trinajstić information content (AvgIpc) is 2.70. The highest BCUT2D eigenvalue weighted by molar-refractivity contribution is 7.53. The zero-order valence-electron chi connectivity index (χ0n) is 14.5. The number of benzene rings is 3. The Balaban J connectivity index is 2.04. The zero-order valence-corrected chi connectivity index (χ0v) is 15.4. The molecule has 134 valence electrons. The summed E-state index contributed by atoms with van der Waals surface area (Å²) in [4.78, 5) is 10.4. The molecule has 3 rings (SSSR count). The maximum absolute atomic E-state index is 12.8. The molecule has 0 amide bonds. The van der Waals surface area contributed by atoms with Crippen LogP contribution in [0.15, 0.2) is 91.0 Å². The standard InChI is InChI=1S/C21H22NO3P/c1-25-26(23,24)21(19-15-9-4-10-16-19)22-20(17-11-5-2-6-12-17)18-13-7-3-8-14-18/h2-16,20-22H,1H3,(H,23,24)/t21-/m0/s1. The molecule has 0 heterocycles. The zero-order chi connectivity index (χ0) is 18.4. The van der Waals surface area contributed by atoms with Crippen LogP contribution in [-0.2, 0) is 9.09 Å². The highest BCUT2D eigenvalue weighted by Gasteiger charge is 2.35. The van der Waals surface area contributed by atoms with E-state index in [-0.39, 0.29) is 6.04 Å². The van der Waals surface area contributed by atoms with E-state index in [9.17, 15) is 9.46 Å². The molecule has 0 radical (unpaired) electrons. The Kier molecular flexibility index (Phi) is 6.02. The molecule has 0 fully saturated rings. The summed E-state index contributed by atoms with van der Waals surface area (Å²) in [6, 6.07) is 28.7. The van der Waals surface area contributed by atoms with Crippen molar-refractivity contribution in [3.63, 3.8) is 0 Å². The van der Waals surface area contributed by atoms with Gasteiger partial charge < -0.3 is 9.42 Å². The van der Waals surface area contributed by atoms with Gasteiger partial charge in [-0.1, -0.05) is 91.0 Å². The van der Waals surface area contributed by atoms with Gasteiger partial charge in [0.1, 0.15) is 5.78 Å². The van der Waals surface area contributed by atoms with Gasteiger partial charge in [0.15, 0.2) is 0 Å². The van der Waals surface area contributed by atoms with E-state index >= 15 is 0 Å². The average molecular weight is 367 g/mol. The third-order valence-corrected chi connectivity index (χ3v) is 5.92. The molecule has 0 aliphatic carbocycles. The molecule has 2 atom stereocenters. The van der Waals surface area contributed by atoms with Crippen LogP contribution in [0.25, 0.3) is 0 Å². The first-order valence-electron chi connectivity index (χ1n) is 8.41. The highest BCUT2D eigenvalue weighted by atomic mass is 31.2. The molecule has 0 saturated heterocycles. The Hall–Kier alpha value is -2.23. The molecule has 0 aromatic heterocycles. The minimum atomic E-state index is -3.91. The van der Waals surface area contributed by atoms with Gasteiger partial charge in [0.25, 0.3) is 0 Å². The fraction of sp³-hybridized carbons (Fsp3) is 0.143. The van der Waals surface area contributed by atoms with Crippen LogP contribution < -0.4 is 5.32 Å². The lowest BCUT2D eigenvalue weighted by Gasteiger charge is -2.29. The van der Waals surface area contributed by atoms with Gasteiger partial charge >= 0.3 is 7.60 Å². The maximum atomic E-state index is 12.8. The van der Waals surface area contributed by atoms with Crippen molar-refractivity contribution in [2.75, 3.05) is 7.11 Å². The van der Waals surface area contributed by atoms with Crippen molar-refractivity contribution >= 4 is 7.60 Å². The number of hydrogen-bond acceptors (Lipinski definition) is 3. The fourth-order valence-corrected chi connectivity index (χ4v) is 4.05. The first-order valence-corrected chi connectivity index (χ1v) is 10.1. The summed E-state index contributed by atoms with van der Waals surface area (Å²) in [5, 5.41) is 3.36. The number of nitrogens with one attached hydrogen (secondary N) is 1. The molecule has 4 nitrogen and oxygen atoms in total. The molecule has 5 heteroatoms. The largest absolute Gasteiger partial charge is 0.349 e. The van der Waals surface area contributed by atoms with Gasteiger partial charge in [-0.15, -0.1) is 0 Å². The highest BCUT2D eigenvalue weighted by Crippen LogP contribution is 2.55. The maximum Gasteiger partial charge on any atom is 0.349 e. The van der Waals surface area contributed by atoms with Gasteiger partial charge in [0.05, 0.1) is 6.04 Å². The lowest BCUT2D eigenvalue weighted by molar-refractivity contribution is 0.293. The van der Waals surface area contributed by atoms with Gasteiger partial charge in [-0.05, 0) is 16.7 Å². The van der Waals surface area contributed by atoms with E-state index in [1.54, 1.807) is 0 Å². The Labute approximate surface area is 154 Å². The third kappa shape index (κ3) is 4.29. The van der Waals surface area contributed by atoms with Gasteiger partial charge in [0.2, 0.25) is 0 Å². The molecule has 3 aromatic rings. The summed E-state index contributed by atoms with van der Waals surface area (Å²) in [7, 11) is -2.65. The van der Waals surface area contributed by atoms with E-state index in [4.69, 9.17) is 4.52 Å². The van der Waals surface area contributed by atoms with E-state index in [2.05, 4.69) is 5.32 Å². The van der Waals surface area contributed by atoms with Crippen molar-refractivity contribution < 1.29 is 14.0 Å². The van der Waals surface area contributed by atoms with Gasteiger partial charge in [-0.3, -0.25) is 9.88 Å². The van der Waals surface area contributed by atoms with Crippen molar-refractivity contribution in [3.05, 3.63) is 108 Å². The smallest absolute Gasteiger partial charge is 0.323 e. The molecule has 0 spiro atoms. The third-order valence-electron chi connectivity index (χ3n) is 4.29. The Morgan fingerprint density at radius 2 is 1.15 bits per heavy atom.